The van der Waals surface area contributed by atoms with Crippen molar-refractivity contribution in [2.75, 3.05) is 0 Å². The van der Waals surface area contributed by atoms with E-state index in [1.54, 1.807) is 11.0 Å². The molecular weight excluding hydrogens is 154 g/mol. The van der Waals surface area contributed by atoms with Gasteiger partial charge in [-0.25, -0.2) is 4.98 Å². The molecule has 0 aliphatic heterocycles. The van der Waals surface area contributed by atoms with E-state index in [1.165, 1.54) is 6.33 Å². The summed E-state index contributed by atoms with van der Waals surface area (Å²) in [5.74, 6) is 0. The third kappa shape index (κ3) is 3.48. The number of aromatic nitrogens is 3. The molecule has 1 aromatic heterocycles. The van der Waals surface area contributed by atoms with Crippen LogP contribution in [0.2, 0.25) is 0 Å². The van der Waals surface area contributed by atoms with Gasteiger partial charge >= 0.3 is 0 Å². The van der Waals surface area contributed by atoms with Crippen molar-refractivity contribution in [3.63, 3.8) is 0 Å². The molecule has 0 aliphatic carbocycles. The smallest absolute Gasteiger partial charge is 0.137 e. The molecule has 0 amide bonds. The van der Waals surface area contributed by atoms with Crippen LogP contribution in [0.1, 0.15) is 26.7 Å². The maximum atomic E-state index is 9.40. The third-order valence-corrected chi connectivity index (χ3v) is 1.64. The number of hydrogen-bond donors (Lipinski definition) is 1. The minimum absolute atomic E-state index is 0.569. The van der Waals surface area contributed by atoms with Crippen molar-refractivity contribution in [3.05, 3.63) is 12.7 Å². The van der Waals surface area contributed by atoms with Crippen LogP contribution in [0.15, 0.2) is 12.7 Å². The first-order valence-corrected chi connectivity index (χ1v) is 4.13. The van der Waals surface area contributed by atoms with Crippen molar-refractivity contribution in [3.8, 4) is 0 Å². The van der Waals surface area contributed by atoms with Crippen molar-refractivity contribution in [1.82, 2.24) is 14.8 Å². The molecule has 0 aliphatic rings. The molecule has 0 spiro atoms. The summed E-state index contributed by atoms with van der Waals surface area (Å²) in [7, 11) is 0. The van der Waals surface area contributed by atoms with Crippen LogP contribution in [0.4, 0.5) is 0 Å². The molecule has 4 heteroatoms. The molecule has 0 aromatic carbocycles. The van der Waals surface area contributed by atoms with Gasteiger partial charge in [0.1, 0.15) is 12.7 Å². The van der Waals surface area contributed by atoms with Crippen LogP contribution >= 0.6 is 0 Å². The first kappa shape index (κ1) is 9.19. The van der Waals surface area contributed by atoms with E-state index in [2.05, 4.69) is 10.1 Å². The zero-order valence-corrected chi connectivity index (χ0v) is 7.56. The van der Waals surface area contributed by atoms with Gasteiger partial charge in [0.05, 0.1) is 5.60 Å². The third-order valence-electron chi connectivity index (χ3n) is 1.64. The molecule has 0 saturated heterocycles. The van der Waals surface area contributed by atoms with Crippen LogP contribution in [0.5, 0.6) is 0 Å². The second-order valence-corrected chi connectivity index (χ2v) is 3.57. The number of nitrogens with zero attached hydrogens (tertiary/aromatic N) is 3. The van der Waals surface area contributed by atoms with Crippen LogP contribution in [0.3, 0.4) is 0 Å². The zero-order valence-electron chi connectivity index (χ0n) is 7.56. The summed E-state index contributed by atoms with van der Waals surface area (Å²) in [5.41, 5.74) is -0.569. The van der Waals surface area contributed by atoms with E-state index in [-0.39, 0.29) is 0 Å². The van der Waals surface area contributed by atoms with Gasteiger partial charge in [-0.3, -0.25) is 4.68 Å². The fraction of sp³-hybridized carbons (Fsp3) is 0.750. The Hall–Kier alpha value is -0.900. The number of rotatable bonds is 4. The van der Waals surface area contributed by atoms with Crippen LogP contribution in [0.25, 0.3) is 0 Å². The Bertz CT molecular complexity index is 213. The number of aliphatic hydroxyl groups is 1. The van der Waals surface area contributed by atoms with Gasteiger partial charge in [0, 0.05) is 6.54 Å². The van der Waals surface area contributed by atoms with Gasteiger partial charge in [0.25, 0.3) is 0 Å². The van der Waals surface area contributed by atoms with Gasteiger partial charge in [-0.1, -0.05) is 0 Å². The van der Waals surface area contributed by atoms with E-state index in [1.807, 2.05) is 13.8 Å². The van der Waals surface area contributed by atoms with Gasteiger partial charge in [-0.05, 0) is 26.7 Å². The molecule has 1 rings (SSSR count). The summed E-state index contributed by atoms with van der Waals surface area (Å²) in [4.78, 5) is 3.83. The van der Waals surface area contributed by atoms with Crippen LogP contribution in [-0.2, 0) is 6.54 Å². The molecule has 0 saturated carbocycles. The highest BCUT2D eigenvalue weighted by Gasteiger charge is 2.11. The average Bonchev–Trinajstić information content (AvgIpc) is 2.36. The summed E-state index contributed by atoms with van der Waals surface area (Å²) < 4.78 is 1.77. The van der Waals surface area contributed by atoms with Crippen molar-refractivity contribution in [2.45, 2.75) is 38.8 Å². The highest BCUT2D eigenvalue weighted by atomic mass is 16.3. The molecule has 0 radical (unpaired) electrons. The predicted molar refractivity (Wildman–Crippen MR) is 45.6 cm³/mol. The van der Waals surface area contributed by atoms with Crippen LogP contribution < -0.4 is 0 Å². The molecule has 12 heavy (non-hydrogen) atoms. The first-order chi connectivity index (χ1) is 5.58. The fourth-order valence-corrected chi connectivity index (χ4v) is 1.02. The quantitative estimate of drug-likeness (QED) is 0.726. The molecule has 4 nitrogen and oxygen atoms in total. The molecule has 1 heterocycles. The van der Waals surface area contributed by atoms with Crippen molar-refractivity contribution >= 4 is 0 Å². The Kier molecular flexibility index (Phi) is 2.81. The van der Waals surface area contributed by atoms with Crippen LogP contribution in [-0.4, -0.2) is 25.5 Å². The lowest BCUT2D eigenvalue weighted by Crippen LogP contribution is -2.18. The Morgan fingerprint density at radius 1 is 1.50 bits per heavy atom. The van der Waals surface area contributed by atoms with Gasteiger partial charge in [0.2, 0.25) is 0 Å². The van der Waals surface area contributed by atoms with Crippen molar-refractivity contribution < 1.29 is 5.11 Å². The summed E-state index contributed by atoms with van der Waals surface area (Å²) >= 11 is 0. The molecule has 1 aromatic rings. The molecule has 0 bridgehead atoms. The topological polar surface area (TPSA) is 50.9 Å². The van der Waals surface area contributed by atoms with E-state index in [4.69, 9.17) is 0 Å². The maximum Gasteiger partial charge on any atom is 0.137 e. The molecule has 68 valence electrons. The van der Waals surface area contributed by atoms with Crippen molar-refractivity contribution in [1.29, 1.82) is 0 Å². The second kappa shape index (κ2) is 3.67. The molecular formula is C8H15N3O. The SMILES string of the molecule is CC(C)(O)CCCn1cncn1. The first-order valence-electron chi connectivity index (χ1n) is 4.13. The minimum Gasteiger partial charge on any atom is -0.390 e. The van der Waals surface area contributed by atoms with E-state index < -0.39 is 5.60 Å². The number of aryl methyl sites for hydroxylation is 1. The predicted octanol–water partition coefficient (Wildman–Crippen LogP) is 0.829. The molecule has 1 N–H and O–H groups in total. The van der Waals surface area contributed by atoms with E-state index in [9.17, 15) is 5.11 Å². The van der Waals surface area contributed by atoms with Gasteiger partial charge < -0.3 is 5.11 Å². The van der Waals surface area contributed by atoms with Crippen LogP contribution in [0, 0.1) is 0 Å². The Morgan fingerprint density at radius 3 is 2.75 bits per heavy atom. The van der Waals surface area contributed by atoms with E-state index in [0.29, 0.717) is 0 Å². The van der Waals surface area contributed by atoms with Gasteiger partial charge in [-0.15, -0.1) is 0 Å². The van der Waals surface area contributed by atoms with E-state index >= 15 is 0 Å². The largest absolute Gasteiger partial charge is 0.390 e. The fourth-order valence-electron chi connectivity index (χ4n) is 1.02. The average molecular weight is 169 g/mol. The highest BCUT2D eigenvalue weighted by molar-refractivity contribution is 4.65. The Balaban J connectivity index is 2.20. The second-order valence-electron chi connectivity index (χ2n) is 3.57. The Morgan fingerprint density at radius 2 is 2.25 bits per heavy atom. The summed E-state index contributed by atoms with van der Waals surface area (Å²) in [6.07, 6.45) is 4.91. The minimum atomic E-state index is -0.569. The molecule has 0 fully saturated rings. The highest BCUT2D eigenvalue weighted by Crippen LogP contribution is 2.10. The molecule has 0 atom stereocenters. The lowest BCUT2D eigenvalue weighted by Gasteiger charge is -2.16. The summed E-state index contributed by atoms with van der Waals surface area (Å²) in [6, 6.07) is 0. The maximum absolute atomic E-state index is 9.40. The normalized spacial score (nSPS) is 11.9. The summed E-state index contributed by atoms with van der Waals surface area (Å²) in [5, 5.41) is 13.4. The molecule has 0 unspecified atom stereocenters. The lowest BCUT2D eigenvalue weighted by atomic mass is 10.0. The van der Waals surface area contributed by atoms with E-state index in [0.717, 1.165) is 19.4 Å². The number of hydrogen-bond acceptors (Lipinski definition) is 3. The lowest BCUT2D eigenvalue weighted by molar-refractivity contribution is 0.0672. The van der Waals surface area contributed by atoms with Crippen molar-refractivity contribution in [2.24, 2.45) is 0 Å². The summed E-state index contributed by atoms with van der Waals surface area (Å²) in [6.45, 7) is 4.45. The zero-order chi connectivity index (χ0) is 9.03. The monoisotopic (exact) mass is 169 g/mol. The van der Waals surface area contributed by atoms with Gasteiger partial charge in [-0.2, -0.15) is 5.10 Å². The Labute approximate surface area is 72.2 Å². The standard InChI is InChI=1S/C8H15N3O/c1-8(2,12)4-3-5-11-7-9-6-10-11/h6-7,12H,3-5H2,1-2H3. The van der Waals surface area contributed by atoms with Gasteiger partial charge in [0.15, 0.2) is 0 Å².